The number of hydrogen-bond donors (Lipinski definition) is 1. The SMILES string of the molecule is Cc1cc(NS(=O)(=O)c2cc3c(cc2C)N(C)CCO3)ccc1Br. The van der Waals surface area contributed by atoms with E-state index in [1.165, 1.54) is 0 Å². The summed E-state index contributed by atoms with van der Waals surface area (Å²) < 4.78 is 34.8. The number of halogens is 1. The lowest BCUT2D eigenvalue weighted by atomic mass is 10.1. The fourth-order valence-corrected chi connectivity index (χ4v) is 4.23. The van der Waals surface area contributed by atoms with Gasteiger partial charge in [-0.3, -0.25) is 4.72 Å². The number of ether oxygens (including phenoxy) is 1. The van der Waals surface area contributed by atoms with E-state index in [0.29, 0.717) is 23.6 Å². The van der Waals surface area contributed by atoms with E-state index >= 15 is 0 Å². The molecule has 1 aliphatic rings. The Kier molecular flexibility index (Phi) is 4.48. The lowest BCUT2D eigenvalue weighted by molar-refractivity contribution is 0.310. The zero-order valence-corrected chi connectivity index (χ0v) is 16.2. The Morgan fingerprint density at radius 1 is 1.17 bits per heavy atom. The van der Waals surface area contributed by atoms with Crippen molar-refractivity contribution < 1.29 is 13.2 Å². The van der Waals surface area contributed by atoms with Gasteiger partial charge in [-0.25, -0.2) is 8.42 Å². The van der Waals surface area contributed by atoms with E-state index in [9.17, 15) is 8.42 Å². The van der Waals surface area contributed by atoms with Crippen LogP contribution in [0, 0.1) is 13.8 Å². The Morgan fingerprint density at radius 3 is 2.62 bits per heavy atom. The summed E-state index contributed by atoms with van der Waals surface area (Å²) in [4.78, 5) is 2.30. The number of nitrogens with one attached hydrogen (secondary N) is 1. The van der Waals surface area contributed by atoms with Gasteiger partial charge in [0.05, 0.1) is 17.1 Å². The molecule has 1 heterocycles. The van der Waals surface area contributed by atoms with Crippen molar-refractivity contribution >= 4 is 37.3 Å². The van der Waals surface area contributed by atoms with Gasteiger partial charge in [-0.1, -0.05) is 15.9 Å². The number of aryl methyl sites for hydroxylation is 2. The van der Waals surface area contributed by atoms with Crippen LogP contribution >= 0.6 is 15.9 Å². The zero-order chi connectivity index (χ0) is 17.5. The largest absolute Gasteiger partial charge is 0.490 e. The van der Waals surface area contributed by atoms with Gasteiger partial charge in [0, 0.05) is 23.3 Å². The number of fused-ring (bicyclic) bond motifs is 1. The number of benzene rings is 2. The quantitative estimate of drug-likeness (QED) is 0.837. The summed E-state index contributed by atoms with van der Waals surface area (Å²) in [6.07, 6.45) is 0. The third-order valence-electron chi connectivity index (χ3n) is 4.05. The first-order chi connectivity index (χ1) is 11.3. The number of hydrogen-bond acceptors (Lipinski definition) is 4. The van der Waals surface area contributed by atoms with Gasteiger partial charge >= 0.3 is 0 Å². The highest BCUT2D eigenvalue weighted by atomic mass is 79.9. The molecule has 7 heteroatoms. The second-order valence-corrected chi connectivity index (χ2v) is 8.43. The van der Waals surface area contributed by atoms with Gasteiger partial charge in [0.15, 0.2) is 0 Å². The fraction of sp³-hybridized carbons (Fsp3) is 0.294. The van der Waals surface area contributed by atoms with Crippen LogP contribution in [0.2, 0.25) is 0 Å². The minimum absolute atomic E-state index is 0.233. The van der Waals surface area contributed by atoms with Crippen LogP contribution < -0.4 is 14.4 Å². The Labute approximate surface area is 150 Å². The predicted octanol–water partition coefficient (Wildman–Crippen LogP) is 3.70. The summed E-state index contributed by atoms with van der Waals surface area (Å²) in [7, 11) is -1.72. The first kappa shape index (κ1) is 17.1. The molecule has 0 radical (unpaired) electrons. The van der Waals surface area contributed by atoms with Crippen LogP contribution in [0.15, 0.2) is 39.7 Å². The maximum atomic E-state index is 12.8. The molecule has 0 saturated carbocycles. The third-order valence-corrected chi connectivity index (χ3v) is 6.46. The van der Waals surface area contributed by atoms with Gasteiger partial charge in [0.2, 0.25) is 0 Å². The Balaban J connectivity index is 1.99. The molecular weight excluding hydrogens is 392 g/mol. The smallest absolute Gasteiger partial charge is 0.262 e. The van der Waals surface area contributed by atoms with Crippen molar-refractivity contribution in [3.8, 4) is 5.75 Å². The fourth-order valence-electron chi connectivity index (χ4n) is 2.69. The third kappa shape index (κ3) is 3.23. The van der Waals surface area contributed by atoms with E-state index in [1.807, 2.05) is 26.1 Å². The molecule has 128 valence electrons. The first-order valence-electron chi connectivity index (χ1n) is 7.55. The first-order valence-corrected chi connectivity index (χ1v) is 9.83. The molecule has 0 bridgehead atoms. The lowest BCUT2D eigenvalue weighted by Gasteiger charge is -2.28. The molecule has 1 N–H and O–H groups in total. The van der Waals surface area contributed by atoms with Crippen molar-refractivity contribution in [1.29, 1.82) is 0 Å². The summed E-state index contributed by atoms with van der Waals surface area (Å²) in [6.45, 7) is 5.04. The minimum atomic E-state index is -3.69. The standard InChI is InChI=1S/C17H19BrN2O3S/c1-11-8-13(4-5-14(11)18)19-24(21,22)17-10-16-15(9-12(17)2)20(3)6-7-23-16/h4-5,8-10,19H,6-7H2,1-3H3. The average Bonchev–Trinajstić information content (AvgIpc) is 2.51. The highest BCUT2D eigenvalue weighted by molar-refractivity contribution is 9.10. The van der Waals surface area contributed by atoms with E-state index in [1.54, 1.807) is 25.1 Å². The summed E-state index contributed by atoms with van der Waals surface area (Å²) in [5.74, 6) is 0.599. The molecule has 2 aromatic carbocycles. The lowest BCUT2D eigenvalue weighted by Crippen LogP contribution is -2.29. The van der Waals surface area contributed by atoms with Gasteiger partial charge in [-0.05, 0) is 49.2 Å². The molecule has 24 heavy (non-hydrogen) atoms. The topological polar surface area (TPSA) is 58.6 Å². The molecule has 0 fully saturated rings. The normalized spacial score (nSPS) is 14.1. The highest BCUT2D eigenvalue weighted by Gasteiger charge is 2.23. The minimum Gasteiger partial charge on any atom is -0.490 e. The molecular formula is C17H19BrN2O3S. The zero-order valence-electron chi connectivity index (χ0n) is 13.8. The van der Waals surface area contributed by atoms with Gasteiger partial charge in [-0.2, -0.15) is 0 Å². The van der Waals surface area contributed by atoms with Crippen LogP contribution in [0.25, 0.3) is 0 Å². The van der Waals surface area contributed by atoms with Crippen molar-refractivity contribution in [3.63, 3.8) is 0 Å². The molecule has 2 aromatic rings. The number of nitrogens with zero attached hydrogens (tertiary/aromatic N) is 1. The Hall–Kier alpha value is -1.73. The number of anilines is 2. The molecule has 5 nitrogen and oxygen atoms in total. The van der Waals surface area contributed by atoms with Crippen LogP contribution in [0.5, 0.6) is 5.75 Å². The molecule has 0 saturated heterocycles. The van der Waals surface area contributed by atoms with Crippen molar-refractivity contribution in [2.75, 3.05) is 29.8 Å². The maximum Gasteiger partial charge on any atom is 0.262 e. The second kappa shape index (κ2) is 6.29. The van der Waals surface area contributed by atoms with Crippen LogP contribution in [-0.2, 0) is 10.0 Å². The number of rotatable bonds is 3. The van der Waals surface area contributed by atoms with E-state index in [-0.39, 0.29) is 4.90 Å². The van der Waals surface area contributed by atoms with Crippen LogP contribution in [0.1, 0.15) is 11.1 Å². The van der Waals surface area contributed by atoms with Gasteiger partial charge in [-0.15, -0.1) is 0 Å². The molecule has 0 amide bonds. The summed E-state index contributed by atoms with van der Waals surface area (Å²) >= 11 is 3.41. The molecule has 3 rings (SSSR count). The van der Waals surface area contributed by atoms with Gasteiger partial charge < -0.3 is 9.64 Å². The van der Waals surface area contributed by atoms with E-state index < -0.39 is 10.0 Å². The second-order valence-electron chi connectivity index (χ2n) is 5.92. The number of sulfonamides is 1. The van der Waals surface area contributed by atoms with Crippen molar-refractivity contribution in [2.45, 2.75) is 18.7 Å². The summed E-state index contributed by atoms with van der Waals surface area (Å²) in [5, 5.41) is 0. The molecule has 0 atom stereocenters. The molecule has 0 spiro atoms. The van der Waals surface area contributed by atoms with E-state index in [0.717, 1.165) is 22.3 Å². The van der Waals surface area contributed by atoms with Crippen LogP contribution in [0.4, 0.5) is 11.4 Å². The molecule has 1 aliphatic heterocycles. The predicted molar refractivity (Wildman–Crippen MR) is 99.6 cm³/mol. The van der Waals surface area contributed by atoms with Crippen LogP contribution in [-0.4, -0.2) is 28.6 Å². The molecule has 0 aliphatic carbocycles. The highest BCUT2D eigenvalue weighted by Crippen LogP contribution is 2.35. The molecule has 0 aromatic heterocycles. The van der Waals surface area contributed by atoms with E-state index in [2.05, 4.69) is 25.6 Å². The summed E-state index contributed by atoms with van der Waals surface area (Å²) in [5.41, 5.74) is 3.10. The summed E-state index contributed by atoms with van der Waals surface area (Å²) in [6, 6.07) is 8.81. The van der Waals surface area contributed by atoms with Crippen molar-refractivity contribution in [1.82, 2.24) is 0 Å². The van der Waals surface area contributed by atoms with Gasteiger partial charge in [0.25, 0.3) is 10.0 Å². The monoisotopic (exact) mass is 410 g/mol. The van der Waals surface area contributed by atoms with Crippen molar-refractivity contribution in [3.05, 3.63) is 45.9 Å². The Morgan fingerprint density at radius 2 is 1.92 bits per heavy atom. The Bertz CT molecular complexity index is 897. The van der Waals surface area contributed by atoms with Crippen molar-refractivity contribution in [2.24, 2.45) is 0 Å². The van der Waals surface area contributed by atoms with Crippen LogP contribution in [0.3, 0.4) is 0 Å². The molecule has 0 unspecified atom stereocenters. The maximum absolute atomic E-state index is 12.8. The van der Waals surface area contributed by atoms with E-state index in [4.69, 9.17) is 4.74 Å². The van der Waals surface area contributed by atoms with Gasteiger partial charge in [0.1, 0.15) is 12.4 Å². The average molecular weight is 411 g/mol. The number of likely N-dealkylation sites (N-methyl/N-ethyl adjacent to an activating group) is 1.